The van der Waals surface area contributed by atoms with Crippen molar-refractivity contribution in [1.29, 1.82) is 0 Å². The molecule has 1 aliphatic rings. The first-order valence-corrected chi connectivity index (χ1v) is 6.46. The number of carboxylic acid groups (broad SMARTS) is 1. The molecule has 1 unspecified atom stereocenters. The summed E-state index contributed by atoms with van der Waals surface area (Å²) >= 11 is 1.68. The Morgan fingerprint density at radius 2 is 2.35 bits per heavy atom. The van der Waals surface area contributed by atoms with Crippen molar-refractivity contribution >= 4 is 23.8 Å². The van der Waals surface area contributed by atoms with Crippen LogP contribution in [0.3, 0.4) is 0 Å². The lowest BCUT2D eigenvalue weighted by atomic mass is 10.2. The molecule has 1 N–H and O–H groups in total. The largest absolute Gasteiger partial charge is 0.481 e. The van der Waals surface area contributed by atoms with Crippen LogP contribution in [-0.2, 0) is 4.79 Å². The van der Waals surface area contributed by atoms with Crippen LogP contribution < -0.4 is 0 Å². The highest BCUT2D eigenvalue weighted by Crippen LogP contribution is 2.20. The SMILES string of the molecule is C#CCN(C)C(=O)N1CCSCC1CC(=O)O. The lowest BCUT2D eigenvalue weighted by Crippen LogP contribution is -2.51. The van der Waals surface area contributed by atoms with E-state index in [1.807, 2.05) is 0 Å². The molecule has 6 heteroatoms. The molecule has 0 aromatic rings. The second-order valence-electron chi connectivity index (χ2n) is 3.86. The molecule has 1 heterocycles. The van der Waals surface area contributed by atoms with Crippen LogP contribution in [0.15, 0.2) is 0 Å². The number of carbonyl (C=O) groups excluding carboxylic acids is 1. The summed E-state index contributed by atoms with van der Waals surface area (Å²) in [5.41, 5.74) is 0. The summed E-state index contributed by atoms with van der Waals surface area (Å²) in [4.78, 5) is 25.8. The summed E-state index contributed by atoms with van der Waals surface area (Å²) in [5, 5.41) is 8.81. The molecule has 0 radical (unpaired) electrons. The van der Waals surface area contributed by atoms with Gasteiger partial charge in [0.05, 0.1) is 19.0 Å². The molecule has 1 atom stereocenters. The van der Waals surface area contributed by atoms with Crippen molar-refractivity contribution in [3.05, 3.63) is 0 Å². The Bertz CT molecular complexity index is 340. The molecule has 94 valence electrons. The zero-order valence-corrected chi connectivity index (χ0v) is 10.6. The number of nitrogens with zero attached hydrogens (tertiary/aromatic N) is 2. The van der Waals surface area contributed by atoms with Crippen molar-refractivity contribution in [1.82, 2.24) is 9.80 Å². The average Bonchev–Trinajstić information content (AvgIpc) is 2.28. The van der Waals surface area contributed by atoms with Crippen LogP contribution in [0.25, 0.3) is 0 Å². The van der Waals surface area contributed by atoms with Crippen LogP contribution in [0.5, 0.6) is 0 Å². The van der Waals surface area contributed by atoms with Gasteiger partial charge >= 0.3 is 12.0 Å². The van der Waals surface area contributed by atoms with Gasteiger partial charge in [0.2, 0.25) is 0 Å². The number of terminal acetylenes is 1. The van der Waals surface area contributed by atoms with Gasteiger partial charge in [0.1, 0.15) is 0 Å². The normalized spacial score (nSPS) is 19.5. The van der Waals surface area contributed by atoms with Crippen LogP contribution in [0, 0.1) is 12.3 Å². The van der Waals surface area contributed by atoms with Gasteiger partial charge in [-0.2, -0.15) is 11.8 Å². The lowest BCUT2D eigenvalue weighted by Gasteiger charge is -2.36. The fraction of sp³-hybridized carbons (Fsp3) is 0.636. The van der Waals surface area contributed by atoms with E-state index in [9.17, 15) is 9.59 Å². The number of carboxylic acids is 1. The van der Waals surface area contributed by atoms with Gasteiger partial charge in [0.15, 0.2) is 0 Å². The van der Waals surface area contributed by atoms with Gasteiger partial charge in [-0.1, -0.05) is 5.92 Å². The van der Waals surface area contributed by atoms with Crippen molar-refractivity contribution in [3.8, 4) is 12.3 Å². The Morgan fingerprint density at radius 3 is 2.94 bits per heavy atom. The standard InChI is InChI=1S/C11H16N2O3S/c1-3-4-12(2)11(16)13-5-6-17-8-9(13)7-10(14)15/h1,9H,4-8H2,2H3,(H,14,15). The molecule has 0 aromatic heterocycles. The highest BCUT2D eigenvalue weighted by Gasteiger charge is 2.30. The first kappa shape index (κ1) is 13.7. The van der Waals surface area contributed by atoms with Gasteiger partial charge in [-0.25, -0.2) is 4.79 Å². The van der Waals surface area contributed by atoms with E-state index in [1.165, 1.54) is 4.90 Å². The van der Waals surface area contributed by atoms with E-state index in [0.717, 1.165) is 5.75 Å². The van der Waals surface area contributed by atoms with Crippen molar-refractivity contribution < 1.29 is 14.7 Å². The first-order valence-electron chi connectivity index (χ1n) is 5.31. The lowest BCUT2D eigenvalue weighted by molar-refractivity contribution is -0.138. The highest BCUT2D eigenvalue weighted by molar-refractivity contribution is 7.99. The summed E-state index contributed by atoms with van der Waals surface area (Å²) in [6.07, 6.45) is 5.14. The predicted molar refractivity (Wildman–Crippen MR) is 66.9 cm³/mol. The number of aliphatic carboxylic acids is 1. The van der Waals surface area contributed by atoms with E-state index in [1.54, 1.807) is 23.7 Å². The van der Waals surface area contributed by atoms with E-state index in [4.69, 9.17) is 11.5 Å². The number of hydrogen-bond donors (Lipinski definition) is 1. The molecule has 1 rings (SSSR count). The van der Waals surface area contributed by atoms with E-state index in [2.05, 4.69) is 5.92 Å². The second-order valence-corrected chi connectivity index (χ2v) is 5.01. The van der Waals surface area contributed by atoms with Crippen LogP contribution in [0.2, 0.25) is 0 Å². The van der Waals surface area contributed by atoms with E-state index in [-0.39, 0.29) is 25.0 Å². The second kappa shape index (κ2) is 6.40. The number of hydrogen-bond acceptors (Lipinski definition) is 3. The third-order valence-corrected chi connectivity index (χ3v) is 3.63. The quantitative estimate of drug-likeness (QED) is 0.750. The van der Waals surface area contributed by atoms with Crippen LogP contribution in [0.4, 0.5) is 4.79 Å². The van der Waals surface area contributed by atoms with Crippen molar-refractivity contribution in [2.45, 2.75) is 12.5 Å². The molecule has 1 fully saturated rings. The van der Waals surface area contributed by atoms with Crippen LogP contribution in [0.1, 0.15) is 6.42 Å². The Balaban J connectivity index is 2.67. The molecular formula is C11H16N2O3S. The summed E-state index contributed by atoms with van der Waals surface area (Å²) in [5.74, 6) is 3.03. The van der Waals surface area contributed by atoms with Gasteiger partial charge in [-0.3, -0.25) is 4.79 Å². The summed E-state index contributed by atoms with van der Waals surface area (Å²) in [6, 6.07) is -0.423. The number of urea groups is 1. The Labute approximate surface area is 105 Å². The number of amides is 2. The van der Waals surface area contributed by atoms with Gasteiger partial charge in [-0.05, 0) is 0 Å². The molecule has 1 aliphatic heterocycles. The van der Waals surface area contributed by atoms with E-state index >= 15 is 0 Å². The number of rotatable bonds is 3. The summed E-state index contributed by atoms with van der Waals surface area (Å²) in [6.45, 7) is 0.818. The molecule has 0 saturated carbocycles. The van der Waals surface area contributed by atoms with Gasteiger partial charge in [0, 0.05) is 25.1 Å². The molecule has 5 nitrogen and oxygen atoms in total. The van der Waals surface area contributed by atoms with Crippen molar-refractivity contribution in [3.63, 3.8) is 0 Å². The predicted octanol–water partition coefficient (Wildman–Crippen LogP) is 0.564. The fourth-order valence-corrected chi connectivity index (χ4v) is 2.76. The zero-order chi connectivity index (χ0) is 12.8. The minimum absolute atomic E-state index is 0.0113. The molecule has 1 saturated heterocycles. The van der Waals surface area contributed by atoms with Crippen LogP contribution in [-0.4, -0.2) is 64.6 Å². The maximum atomic E-state index is 12.0. The third-order valence-electron chi connectivity index (χ3n) is 2.54. The molecule has 2 amide bonds. The molecule has 0 aromatic carbocycles. The smallest absolute Gasteiger partial charge is 0.320 e. The fourth-order valence-electron chi connectivity index (χ4n) is 1.70. The summed E-state index contributed by atoms with van der Waals surface area (Å²) in [7, 11) is 1.63. The number of carbonyl (C=O) groups is 2. The average molecular weight is 256 g/mol. The van der Waals surface area contributed by atoms with Crippen molar-refractivity contribution in [2.24, 2.45) is 0 Å². The van der Waals surface area contributed by atoms with Crippen molar-refractivity contribution in [2.75, 3.05) is 31.6 Å². The van der Waals surface area contributed by atoms with Gasteiger partial charge in [0.25, 0.3) is 0 Å². The summed E-state index contributed by atoms with van der Waals surface area (Å²) < 4.78 is 0. The van der Waals surface area contributed by atoms with E-state index in [0.29, 0.717) is 12.3 Å². The highest BCUT2D eigenvalue weighted by atomic mass is 32.2. The maximum Gasteiger partial charge on any atom is 0.320 e. The molecule has 0 bridgehead atoms. The Hall–Kier alpha value is -1.35. The number of thioether (sulfide) groups is 1. The minimum Gasteiger partial charge on any atom is -0.481 e. The molecule has 17 heavy (non-hydrogen) atoms. The Kier molecular flexibility index (Phi) is 5.16. The molecule has 0 aliphatic carbocycles. The first-order chi connectivity index (χ1) is 8.06. The van der Waals surface area contributed by atoms with E-state index < -0.39 is 5.97 Å². The van der Waals surface area contributed by atoms with Gasteiger partial charge < -0.3 is 14.9 Å². The zero-order valence-electron chi connectivity index (χ0n) is 9.76. The Morgan fingerprint density at radius 1 is 1.65 bits per heavy atom. The minimum atomic E-state index is -0.880. The molecular weight excluding hydrogens is 240 g/mol. The molecule has 0 spiro atoms. The topological polar surface area (TPSA) is 60.9 Å². The maximum absolute atomic E-state index is 12.0. The van der Waals surface area contributed by atoms with Crippen LogP contribution >= 0.6 is 11.8 Å². The van der Waals surface area contributed by atoms with Gasteiger partial charge in [-0.15, -0.1) is 6.42 Å². The monoisotopic (exact) mass is 256 g/mol. The third kappa shape index (κ3) is 3.86.